The van der Waals surface area contributed by atoms with Gasteiger partial charge in [0, 0.05) is 25.8 Å². The molecule has 1 heterocycles. The Kier molecular flexibility index (Phi) is 7.30. The summed E-state index contributed by atoms with van der Waals surface area (Å²) in [6, 6.07) is 5.03. The van der Waals surface area contributed by atoms with Crippen LogP contribution >= 0.6 is 0 Å². The van der Waals surface area contributed by atoms with E-state index >= 15 is 0 Å². The van der Waals surface area contributed by atoms with Crippen molar-refractivity contribution < 1.29 is 33.4 Å². The van der Waals surface area contributed by atoms with Crippen molar-refractivity contribution in [1.29, 1.82) is 0 Å². The Labute approximate surface area is 156 Å². The SMILES string of the molecule is COCCOC(=O)CC1C(=O)NCCN1C(=O)c1cccc(C(=O)OC)c1. The molecule has 1 unspecified atom stereocenters. The molecule has 1 aliphatic heterocycles. The van der Waals surface area contributed by atoms with Crippen LogP contribution in [0.1, 0.15) is 27.1 Å². The minimum atomic E-state index is -0.983. The Morgan fingerprint density at radius 2 is 1.93 bits per heavy atom. The highest BCUT2D eigenvalue weighted by atomic mass is 16.6. The van der Waals surface area contributed by atoms with Crippen LogP contribution in [-0.4, -0.2) is 75.2 Å². The second kappa shape index (κ2) is 9.67. The summed E-state index contributed by atoms with van der Waals surface area (Å²) >= 11 is 0. The molecule has 9 heteroatoms. The number of rotatable bonds is 7. The Bertz CT molecular complexity index is 719. The highest BCUT2D eigenvalue weighted by Crippen LogP contribution is 2.16. The van der Waals surface area contributed by atoms with Crippen LogP contribution in [0.15, 0.2) is 24.3 Å². The maximum absolute atomic E-state index is 12.9. The minimum Gasteiger partial charge on any atom is -0.465 e. The lowest BCUT2D eigenvalue weighted by Crippen LogP contribution is -2.57. The third-order valence-corrected chi connectivity index (χ3v) is 4.03. The van der Waals surface area contributed by atoms with Crippen LogP contribution in [0.2, 0.25) is 0 Å². The minimum absolute atomic E-state index is 0.0682. The first kappa shape index (κ1) is 20.4. The van der Waals surface area contributed by atoms with Crippen LogP contribution in [0.25, 0.3) is 0 Å². The molecular formula is C18H22N2O7. The van der Waals surface area contributed by atoms with E-state index in [0.29, 0.717) is 0 Å². The molecule has 2 rings (SSSR count). The number of carbonyl (C=O) groups is 4. The monoisotopic (exact) mass is 378 g/mol. The van der Waals surface area contributed by atoms with Crippen molar-refractivity contribution in [2.24, 2.45) is 0 Å². The average Bonchev–Trinajstić information content (AvgIpc) is 2.68. The zero-order chi connectivity index (χ0) is 19.8. The van der Waals surface area contributed by atoms with Crippen molar-refractivity contribution in [1.82, 2.24) is 10.2 Å². The summed E-state index contributed by atoms with van der Waals surface area (Å²) in [6.07, 6.45) is -0.266. The molecule has 0 saturated carbocycles. The van der Waals surface area contributed by atoms with E-state index in [9.17, 15) is 19.2 Å². The summed E-state index contributed by atoms with van der Waals surface area (Å²) in [7, 11) is 2.72. The predicted molar refractivity (Wildman–Crippen MR) is 93.1 cm³/mol. The number of piperazine rings is 1. The summed E-state index contributed by atoms with van der Waals surface area (Å²) in [4.78, 5) is 50.0. The van der Waals surface area contributed by atoms with Crippen LogP contribution < -0.4 is 5.32 Å². The molecule has 1 aromatic rings. The number of amides is 2. The maximum Gasteiger partial charge on any atom is 0.337 e. The first-order valence-electron chi connectivity index (χ1n) is 8.39. The number of nitrogens with zero attached hydrogens (tertiary/aromatic N) is 1. The normalized spacial score (nSPS) is 16.4. The highest BCUT2D eigenvalue weighted by molar-refractivity contribution is 6.01. The van der Waals surface area contributed by atoms with E-state index in [1.165, 1.54) is 37.3 Å². The van der Waals surface area contributed by atoms with Gasteiger partial charge in [0.25, 0.3) is 5.91 Å². The lowest BCUT2D eigenvalue weighted by molar-refractivity contribution is -0.148. The number of hydrogen-bond donors (Lipinski definition) is 1. The van der Waals surface area contributed by atoms with Gasteiger partial charge in [0.05, 0.1) is 25.7 Å². The van der Waals surface area contributed by atoms with E-state index in [1.807, 2.05) is 0 Å². The number of carbonyl (C=O) groups excluding carboxylic acids is 4. The van der Waals surface area contributed by atoms with Crippen LogP contribution in [0.3, 0.4) is 0 Å². The van der Waals surface area contributed by atoms with Crippen LogP contribution in [0.4, 0.5) is 0 Å². The quantitative estimate of drug-likeness (QED) is 0.525. The van der Waals surface area contributed by atoms with Crippen LogP contribution in [-0.2, 0) is 23.8 Å². The molecule has 146 valence electrons. The molecule has 0 bridgehead atoms. The fraction of sp³-hybridized carbons (Fsp3) is 0.444. The molecule has 0 radical (unpaired) electrons. The number of nitrogens with one attached hydrogen (secondary N) is 1. The highest BCUT2D eigenvalue weighted by Gasteiger charge is 2.35. The van der Waals surface area contributed by atoms with Gasteiger partial charge in [-0.25, -0.2) is 4.79 Å². The van der Waals surface area contributed by atoms with E-state index in [-0.39, 0.29) is 43.9 Å². The number of ether oxygens (including phenoxy) is 3. The molecule has 0 spiro atoms. The molecule has 1 saturated heterocycles. The molecule has 1 fully saturated rings. The maximum atomic E-state index is 12.9. The number of methoxy groups -OCH3 is 2. The van der Waals surface area contributed by atoms with Gasteiger partial charge in [-0.05, 0) is 18.2 Å². The zero-order valence-corrected chi connectivity index (χ0v) is 15.2. The van der Waals surface area contributed by atoms with Crippen molar-refractivity contribution in [2.75, 3.05) is 40.5 Å². The fourth-order valence-corrected chi connectivity index (χ4v) is 2.68. The lowest BCUT2D eigenvalue weighted by atomic mass is 10.0. The molecule has 2 amide bonds. The number of hydrogen-bond acceptors (Lipinski definition) is 7. The van der Waals surface area contributed by atoms with E-state index < -0.39 is 29.8 Å². The number of benzene rings is 1. The van der Waals surface area contributed by atoms with Crippen molar-refractivity contribution in [3.05, 3.63) is 35.4 Å². The van der Waals surface area contributed by atoms with Gasteiger partial charge < -0.3 is 24.4 Å². The van der Waals surface area contributed by atoms with Gasteiger partial charge in [0.1, 0.15) is 12.6 Å². The molecule has 27 heavy (non-hydrogen) atoms. The largest absolute Gasteiger partial charge is 0.465 e. The summed E-state index contributed by atoms with van der Waals surface area (Å²) in [5.74, 6) is -2.05. The smallest absolute Gasteiger partial charge is 0.337 e. The molecule has 9 nitrogen and oxygen atoms in total. The van der Waals surface area contributed by atoms with Gasteiger partial charge in [-0.1, -0.05) is 6.07 Å². The van der Waals surface area contributed by atoms with Crippen molar-refractivity contribution in [2.45, 2.75) is 12.5 Å². The Morgan fingerprint density at radius 3 is 2.63 bits per heavy atom. The van der Waals surface area contributed by atoms with E-state index in [1.54, 1.807) is 6.07 Å². The molecule has 1 N–H and O–H groups in total. The average molecular weight is 378 g/mol. The lowest BCUT2D eigenvalue weighted by Gasteiger charge is -2.34. The predicted octanol–water partition coefficient (Wildman–Crippen LogP) is -0.00650. The topological polar surface area (TPSA) is 111 Å². The second-order valence-electron chi connectivity index (χ2n) is 5.80. The van der Waals surface area contributed by atoms with Gasteiger partial charge >= 0.3 is 11.9 Å². The summed E-state index contributed by atoms with van der Waals surface area (Å²) in [5, 5.41) is 2.64. The van der Waals surface area contributed by atoms with E-state index in [2.05, 4.69) is 10.1 Å². The van der Waals surface area contributed by atoms with Crippen molar-refractivity contribution in [3.63, 3.8) is 0 Å². The van der Waals surface area contributed by atoms with Crippen molar-refractivity contribution in [3.8, 4) is 0 Å². The number of esters is 2. The van der Waals surface area contributed by atoms with E-state index in [4.69, 9.17) is 9.47 Å². The molecule has 0 aliphatic carbocycles. The molecule has 1 aliphatic rings. The summed E-state index contributed by atoms with van der Waals surface area (Å²) in [6.45, 7) is 0.823. The molecular weight excluding hydrogens is 356 g/mol. The summed E-state index contributed by atoms with van der Waals surface area (Å²) in [5.41, 5.74) is 0.450. The molecule has 1 aromatic carbocycles. The van der Waals surface area contributed by atoms with Gasteiger partial charge in [-0.3, -0.25) is 14.4 Å². The van der Waals surface area contributed by atoms with Gasteiger partial charge in [-0.2, -0.15) is 0 Å². The Balaban J connectivity index is 2.15. The third kappa shape index (κ3) is 5.27. The van der Waals surface area contributed by atoms with E-state index in [0.717, 1.165) is 0 Å². The van der Waals surface area contributed by atoms with Gasteiger partial charge in [0.15, 0.2) is 0 Å². The standard InChI is InChI=1S/C18H22N2O7/c1-25-8-9-27-15(21)11-14-16(22)19-6-7-20(14)17(23)12-4-3-5-13(10-12)18(24)26-2/h3-5,10,14H,6-9,11H2,1-2H3,(H,19,22). The Hall–Kier alpha value is -2.94. The van der Waals surface area contributed by atoms with Crippen LogP contribution in [0, 0.1) is 0 Å². The van der Waals surface area contributed by atoms with Gasteiger partial charge in [0.2, 0.25) is 5.91 Å². The molecule has 1 atom stereocenters. The van der Waals surface area contributed by atoms with Crippen LogP contribution in [0.5, 0.6) is 0 Å². The second-order valence-corrected chi connectivity index (χ2v) is 5.80. The fourth-order valence-electron chi connectivity index (χ4n) is 2.68. The first-order chi connectivity index (χ1) is 13.0. The first-order valence-corrected chi connectivity index (χ1v) is 8.39. The van der Waals surface area contributed by atoms with Crippen molar-refractivity contribution >= 4 is 23.8 Å². The zero-order valence-electron chi connectivity index (χ0n) is 15.2. The Morgan fingerprint density at radius 1 is 1.19 bits per heavy atom. The third-order valence-electron chi connectivity index (χ3n) is 4.03. The van der Waals surface area contributed by atoms with Gasteiger partial charge in [-0.15, -0.1) is 0 Å². The summed E-state index contributed by atoms with van der Waals surface area (Å²) < 4.78 is 14.4. The molecule has 0 aromatic heterocycles.